The minimum atomic E-state index is -0.151. The standard InChI is InChI=1S/C13H22N2O3/c1-8(2)12-11(10(4)15-18-12)13(17)14-7-9(3)5-6-16/h8-9,16H,5-7H2,1-4H3,(H,14,17). The molecule has 0 aliphatic rings. The molecule has 0 radical (unpaired) electrons. The molecule has 5 heteroatoms. The second-order valence-electron chi connectivity index (χ2n) is 4.99. The van der Waals surface area contributed by atoms with Crippen LogP contribution in [-0.4, -0.2) is 29.3 Å². The van der Waals surface area contributed by atoms with Crippen LogP contribution in [0.5, 0.6) is 0 Å². The highest BCUT2D eigenvalue weighted by Gasteiger charge is 2.22. The number of carbonyl (C=O) groups is 1. The Morgan fingerprint density at radius 1 is 1.44 bits per heavy atom. The Kier molecular flexibility index (Phi) is 5.34. The average molecular weight is 254 g/mol. The number of carbonyl (C=O) groups excluding carboxylic acids is 1. The zero-order valence-electron chi connectivity index (χ0n) is 11.5. The summed E-state index contributed by atoms with van der Waals surface area (Å²) in [5, 5.41) is 15.5. The van der Waals surface area contributed by atoms with Crippen molar-refractivity contribution in [3.8, 4) is 0 Å². The smallest absolute Gasteiger partial charge is 0.256 e. The average Bonchev–Trinajstić information content (AvgIpc) is 2.68. The Bertz CT molecular complexity index is 399. The van der Waals surface area contributed by atoms with E-state index in [1.165, 1.54) is 0 Å². The Labute approximate surface area is 108 Å². The Hall–Kier alpha value is -1.36. The van der Waals surface area contributed by atoms with E-state index in [2.05, 4.69) is 10.5 Å². The van der Waals surface area contributed by atoms with Gasteiger partial charge in [0.05, 0.1) is 5.69 Å². The maximum Gasteiger partial charge on any atom is 0.256 e. The summed E-state index contributed by atoms with van der Waals surface area (Å²) >= 11 is 0. The molecule has 0 fully saturated rings. The van der Waals surface area contributed by atoms with Crippen LogP contribution in [0, 0.1) is 12.8 Å². The molecule has 0 aromatic carbocycles. The fourth-order valence-corrected chi connectivity index (χ4v) is 1.74. The van der Waals surface area contributed by atoms with Gasteiger partial charge in [0.15, 0.2) is 5.76 Å². The van der Waals surface area contributed by atoms with Gasteiger partial charge in [-0.25, -0.2) is 0 Å². The van der Waals surface area contributed by atoms with Gasteiger partial charge < -0.3 is 14.9 Å². The summed E-state index contributed by atoms with van der Waals surface area (Å²) in [6.07, 6.45) is 0.680. The predicted molar refractivity (Wildman–Crippen MR) is 68.5 cm³/mol. The van der Waals surface area contributed by atoms with E-state index < -0.39 is 0 Å². The second kappa shape index (κ2) is 6.54. The summed E-state index contributed by atoms with van der Waals surface area (Å²) in [6, 6.07) is 0. The molecule has 0 saturated carbocycles. The van der Waals surface area contributed by atoms with Gasteiger partial charge >= 0.3 is 0 Å². The van der Waals surface area contributed by atoms with Crippen LogP contribution in [0.1, 0.15) is 54.9 Å². The lowest BCUT2D eigenvalue weighted by Gasteiger charge is -2.11. The summed E-state index contributed by atoms with van der Waals surface area (Å²) in [4.78, 5) is 12.1. The molecule has 1 rings (SSSR count). The minimum absolute atomic E-state index is 0.127. The fraction of sp³-hybridized carbons (Fsp3) is 0.692. The Balaban J connectivity index is 2.69. The van der Waals surface area contributed by atoms with Crippen molar-refractivity contribution in [1.82, 2.24) is 10.5 Å². The number of aliphatic hydroxyl groups is 1. The van der Waals surface area contributed by atoms with Gasteiger partial charge in [0.2, 0.25) is 0 Å². The summed E-state index contributed by atoms with van der Waals surface area (Å²) in [6.45, 7) is 8.36. The summed E-state index contributed by atoms with van der Waals surface area (Å²) < 4.78 is 5.18. The molecule has 5 nitrogen and oxygen atoms in total. The van der Waals surface area contributed by atoms with E-state index in [0.29, 0.717) is 30.0 Å². The fourth-order valence-electron chi connectivity index (χ4n) is 1.74. The number of nitrogens with one attached hydrogen (secondary N) is 1. The van der Waals surface area contributed by atoms with Crippen LogP contribution in [0.4, 0.5) is 0 Å². The van der Waals surface area contributed by atoms with Gasteiger partial charge in [-0.15, -0.1) is 0 Å². The highest BCUT2D eigenvalue weighted by Crippen LogP contribution is 2.22. The normalized spacial score (nSPS) is 12.8. The highest BCUT2D eigenvalue weighted by atomic mass is 16.5. The van der Waals surface area contributed by atoms with E-state index in [9.17, 15) is 4.79 Å². The lowest BCUT2D eigenvalue weighted by molar-refractivity contribution is 0.0942. The van der Waals surface area contributed by atoms with Gasteiger partial charge in [0.1, 0.15) is 5.56 Å². The molecule has 0 bridgehead atoms. The van der Waals surface area contributed by atoms with Crippen molar-refractivity contribution in [3.05, 3.63) is 17.0 Å². The number of rotatable bonds is 6. The number of aliphatic hydroxyl groups excluding tert-OH is 1. The number of aromatic nitrogens is 1. The van der Waals surface area contributed by atoms with Gasteiger partial charge in [-0.3, -0.25) is 4.79 Å². The van der Waals surface area contributed by atoms with E-state index in [0.717, 1.165) is 0 Å². The van der Waals surface area contributed by atoms with E-state index in [4.69, 9.17) is 9.63 Å². The third-order valence-electron chi connectivity index (χ3n) is 2.87. The van der Waals surface area contributed by atoms with Crippen molar-refractivity contribution in [2.24, 2.45) is 5.92 Å². The maximum atomic E-state index is 12.1. The molecule has 18 heavy (non-hydrogen) atoms. The molecule has 1 heterocycles. The zero-order valence-corrected chi connectivity index (χ0v) is 11.5. The van der Waals surface area contributed by atoms with E-state index in [-0.39, 0.29) is 24.3 Å². The lowest BCUT2D eigenvalue weighted by atomic mass is 10.0. The third-order valence-corrected chi connectivity index (χ3v) is 2.87. The SMILES string of the molecule is Cc1noc(C(C)C)c1C(=O)NCC(C)CCO. The third kappa shape index (κ3) is 3.57. The number of nitrogens with zero attached hydrogens (tertiary/aromatic N) is 1. The molecular formula is C13H22N2O3. The molecule has 0 aliphatic carbocycles. The van der Waals surface area contributed by atoms with Crippen LogP contribution in [0.2, 0.25) is 0 Å². The molecule has 1 aromatic rings. The largest absolute Gasteiger partial charge is 0.396 e. The molecule has 1 amide bonds. The van der Waals surface area contributed by atoms with E-state index in [1.54, 1.807) is 6.92 Å². The van der Waals surface area contributed by atoms with Gasteiger partial charge in [-0.1, -0.05) is 25.9 Å². The molecule has 0 saturated heterocycles. The number of amides is 1. The van der Waals surface area contributed by atoms with Crippen LogP contribution < -0.4 is 5.32 Å². The molecule has 1 atom stereocenters. The monoisotopic (exact) mass is 254 g/mol. The van der Waals surface area contributed by atoms with Crippen molar-refractivity contribution < 1.29 is 14.4 Å². The molecule has 102 valence electrons. The minimum Gasteiger partial charge on any atom is -0.396 e. The molecular weight excluding hydrogens is 232 g/mol. The topological polar surface area (TPSA) is 75.4 Å². The zero-order chi connectivity index (χ0) is 13.7. The van der Waals surface area contributed by atoms with Crippen molar-refractivity contribution >= 4 is 5.91 Å². The van der Waals surface area contributed by atoms with Gasteiger partial charge in [-0.2, -0.15) is 0 Å². The van der Waals surface area contributed by atoms with Crippen LogP contribution in [0.15, 0.2) is 4.52 Å². The second-order valence-corrected chi connectivity index (χ2v) is 4.99. The first-order valence-corrected chi connectivity index (χ1v) is 6.32. The summed E-state index contributed by atoms with van der Waals surface area (Å²) in [5.41, 5.74) is 1.16. The van der Waals surface area contributed by atoms with Crippen LogP contribution in [0.3, 0.4) is 0 Å². The van der Waals surface area contributed by atoms with Crippen LogP contribution in [-0.2, 0) is 0 Å². The first kappa shape index (κ1) is 14.7. The lowest BCUT2D eigenvalue weighted by Crippen LogP contribution is -2.29. The molecule has 0 aliphatic heterocycles. The van der Waals surface area contributed by atoms with Gasteiger partial charge in [-0.05, 0) is 19.3 Å². The number of hydrogen-bond donors (Lipinski definition) is 2. The van der Waals surface area contributed by atoms with Crippen molar-refractivity contribution in [1.29, 1.82) is 0 Å². The summed E-state index contributed by atoms with van der Waals surface area (Å²) in [7, 11) is 0. The highest BCUT2D eigenvalue weighted by molar-refractivity contribution is 5.96. The summed E-state index contributed by atoms with van der Waals surface area (Å²) in [5.74, 6) is 0.852. The first-order valence-electron chi connectivity index (χ1n) is 6.32. The maximum absolute atomic E-state index is 12.1. The Morgan fingerprint density at radius 2 is 2.11 bits per heavy atom. The van der Waals surface area contributed by atoms with Crippen LogP contribution in [0.25, 0.3) is 0 Å². The van der Waals surface area contributed by atoms with Crippen molar-refractivity contribution in [2.75, 3.05) is 13.2 Å². The Morgan fingerprint density at radius 3 is 2.67 bits per heavy atom. The molecule has 2 N–H and O–H groups in total. The van der Waals surface area contributed by atoms with Gasteiger partial charge in [0, 0.05) is 19.1 Å². The van der Waals surface area contributed by atoms with Gasteiger partial charge in [0.25, 0.3) is 5.91 Å². The van der Waals surface area contributed by atoms with Crippen molar-refractivity contribution in [3.63, 3.8) is 0 Å². The van der Waals surface area contributed by atoms with E-state index >= 15 is 0 Å². The quantitative estimate of drug-likeness (QED) is 0.812. The molecule has 1 aromatic heterocycles. The predicted octanol–water partition coefficient (Wildman–Crippen LogP) is 1.85. The molecule has 1 unspecified atom stereocenters. The van der Waals surface area contributed by atoms with Crippen LogP contribution >= 0.6 is 0 Å². The van der Waals surface area contributed by atoms with E-state index in [1.807, 2.05) is 20.8 Å². The number of aryl methyl sites for hydroxylation is 1. The van der Waals surface area contributed by atoms with Crippen molar-refractivity contribution in [2.45, 2.75) is 40.0 Å². The molecule has 0 spiro atoms. The first-order chi connectivity index (χ1) is 8.47. The number of hydrogen-bond acceptors (Lipinski definition) is 4.